The number of amides is 1. The van der Waals surface area contributed by atoms with Gasteiger partial charge in [0.05, 0.1) is 6.04 Å². The summed E-state index contributed by atoms with van der Waals surface area (Å²) >= 11 is 0. The lowest BCUT2D eigenvalue weighted by Crippen LogP contribution is -2.62. The standard InChI is InChI=1S/C11H23N3O/c1-11(2,3)14-7-6-12-9(10(14)15)8-13(4)5/h9,12H,6-8H2,1-5H3. The minimum atomic E-state index is -0.0657. The van der Waals surface area contributed by atoms with Gasteiger partial charge >= 0.3 is 0 Å². The molecule has 0 saturated carbocycles. The number of carbonyl (C=O) groups is 1. The Morgan fingerprint density at radius 2 is 2.07 bits per heavy atom. The first-order valence-corrected chi connectivity index (χ1v) is 5.52. The third-order valence-electron chi connectivity index (χ3n) is 2.65. The van der Waals surface area contributed by atoms with Gasteiger partial charge in [-0.25, -0.2) is 0 Å². The van der Waals surface area contributed by atoms with E-state index in [-0.39, 0.29) is 17.5 Å². The zero-order chi connectivity index (χ0) is 11.6. The molecule has 1 atom stereocenters. The fourth-order valence-corrected chi connectivity index (χ4v) is 1.91. The summed E-state index contributed by atoms with van der Waals surface area (Å²) in [7, 11) is 3.98. The van der Waals surface area contributed by atoms with Crippen LogP contribution in [0.2, 0.25) is 0 Å². The van der Waals surface area contributed by atoms with Gasteiger partial charge in [-0.1, -0.05) is 0 Å². The van der Waals surface area contributed by atoms with E-state index >= 15 is 0 Å². The highest BCUT2D eigenvalue weighted by Crippen LogP contribution is 2.16. The molecule has 1 N–H and O–H groups in total. The first-order chi connectivity index (χ1) is 6.82. The molecular weight excluding hydrogens is 190 g/mol. The molecule has 0 aromatic heterocycles. The van der Waals surface area contributed by atoms with E-state index in [1.165, 1.54) is 0 Å². The van der Waals surface area contributed by atoms with Crippen LogP contribution in [0.4, 0.5) is 0 Å². The van der Waals surface area contributed by atoms with Crippen molar-refractivity contribution in [3.63, 3.8) is 0 Å². The van der Waals surface area contributed by atoms with Crippen LogP contribution in [-0.4, -0.2) is 61.0 Å². The number of rotatable bonds is 2. The Bertz CT molecular complexity index is 232. The number of nitrogens with zero attached hydrogens (tertiary/aromatic N) is 2. The predicted molar refractivity (Wildman–Crippen MR) is 61.8 cm³/mol. The monoisotopic (exact) mass is 213 g/mol. The minimum absolute atomic E-state index is 0.0482. The Kier molecular flexibility index (Phi) is 3.73. The average molecular weight is 213 g/mol. The predicted octanol–water partition coefficient (Wildman–Crippen LogP) is 0.147. The molecule has 0 spiro atoms. The van der Waals surface area contributed by atoms with Crippen molar-refractivity contribution in [2.45, 2.75) is 32.4 Å². The molecule has 1 aliphatic rings. The Hall–Kier alpha value is -0.610. The van der Waals surface area contributed by atoms with Crippen molar-refractivity contribution in [2.24, 2.45) is 0 Å². The van der Waals surface area contributed by atoms with Crippen molar-refractivity contribution in [1.82, 2.24) is 15.1 Å². The van der Waals surface area contributed by atoms with Gasteiger partial charge in [-0.2, -0.15) is 0 Å². The molecule has 1 rings (SSSR count). The first-order valence-electron chi connectivity index (χ1n) is 5.52. The Morgan fingerprint density at radius 1 is 1.47 bits per heavy atom. The second kappa shape index (κ2) is 4.49. The summed E-state index contributed by atoms with van der Waals surface area (Å²) in [6.07, 6.45) is 0. The van der Waals surface area contributed by atoms with Gasteiger partial charge in [0.15, 0.2) is 0 Å². The lowest BCUT2D eigenvalue weighted by molar-refractivity contribution is -0.141. The van der Waals surface area contributed by atoms with Crippen molar-refractivity contribution in [2.75, 3.05) is 33.7 Å². The molecule has 0 radical (unpaired) electrons. The van der Waals surface area contributed by atoms with Crippen molar-refractivity contribution in [3.05, 3.63) is 0 Å². The number of likely N-dealkylation sites (N-methyl/N-ethyl adjacent to an activating group) is 1. The summed E-state index contributed by atoms with van der Waals surface area (Å²) in [5.74, 6) is 0.224. The average Bonchev–Trinajstić information content (AvgIpc) is 2.05. The molecule has 0 aromatic rings. The van der Waals surface area contributed by atoms with Crippen molar-refractivity contribution >= 4 is 5.91 Å². The lowest BCUT2D eigenvalue weighted by Gasteiger charge is -2.42. The van der Waals surface area contributed by atoms with E-state index in [4.69, 9.17) is 0 Å². The summed E-state index contributed by atoms with van der Waals surface area (Å²) in [4.78, 5) is 16.2. The summed E-state index contributed by atoms with van der Waals surface area (Å²) in [6, 6.07) is -0.0482. The molecule has 88 valence electrons. The highest BCUT2D eigenvalue weighted by molar-refractivity contribution is 5.83. The molecule has 1 aliphatic heterocycles. The summed E-state index contributed by atoms with van der Waals surface area (Å²) in [5.41, 5.74) is -0.0657. The number of piperazine rings is 1. The molecule has 1 unspecified atom stereocenters. The van der Waals surface area contributed by atoms with Gasteiger partial charge in [-0.15, -0.1) is 0 Å². The number of hydrogen-bond donors (Lipinski definition) is 1. The van der Waals surface area contributed by atoms with E-state index < -0.39 is 0 Å². The van der Waals surface area contributed by atoms with Crippen LogP contribution in [0.3, 0.4) is 0 Å². The van der Waals surface area contributed by atoms with Crippen LogP contribution in [0.5, 0.6) is 0 Å². The van der Waals surface area contributed by atoms with Gasteiger partial charge < -0.3 is 15.1 Å². The topological polar surface area (TPSA) is 35.6 Å². The van der Waals surface area contributed by atoms with Crippen LogP contribution in [0, 0.1) is 0 Å². The Labute approximate surface area is 92.6 Å². The van der Waals surface area contributed by atoms with Crippen molar-refractivity contribution in [1.29, 1.82) is 0 Å². The number of carbonyl (C=O) groups excluding carboxylic acids is 1. The van der Waals surface area contributed by atoms with Crippen molar-refractivity contribution in [3.8, 4) is 0 Å². The maximum Gasteiger partial charge on any atom is 0.241 e. The van der Waals surface area contributed by atoms with Gasteiger partial charge in [0.1, 0.15) is 0 Å². The van der Waals surface area contributed by atoms with E-state index in [1.54, 1.807) is 0 Å². The Balaban J connectivity index is 2.67. The fourth-order valence-electron chi connectivity index (χ4n) is 1.91. The fraction of sp³-hybridized carbons (Fsp3) is 0.909. The second-order valence-electron chi connectivity index (χ2n) is 5.43. The smallest absolute Gasteiger partial charge is 0.241 e. The summed E-state index contributed by atoms with van der Waals surface area (Å²) in [5, 5.41) is 3.27. The van der Waals surface area contributed by atoms with Gasteiger partial charge in [0.2, 0.25) is 5.91 Å². The van der Waals surface area contributed by atoms with Gasteiger partial charge in [0.25, 0.3) is 0 Å². The van der Waals surface area contributed by atoms with Crippen LogP contribution in [-0.2, 0) is 4.79 Å². The third-order valence-corrected chi connectivity index (χ3v) is 2.65. The second-order valence-corrected chi connectivity index (χ2v) is 5.43. The van der Waals surface area contributed by atoms with E-state index in [1.807, 2.05) is 23.9 Å². The summed E-state index contributed by atoms with van der Waals surface area (Å²) < 4.78 is 0. The quantitative estimate of drug-likeness (QED) is 0.709. The zero-order valence-corrected chi connectivity index (χ0v) is 10.5. The highest BCUT2D eigenvalue weighted by Gasteiger charge is 2.34. The maximum atomic E-state index is 12.1. The lowest BCUT2D eigenvalue weighted by atomic mass is 10.0. The van der Waals surface area contributed by atoms with Gasteiger partial charge in [-0.3, -0.25) is 4.79 Å². The molecule has 1 fully saturated rings. The van der Waals surface area contributed by atoms with E-state index in [0.29, 0.717) is 0 Å². The molecule has 0 aromatic carbocycles. The number of hydrogen-bond acceptors (Lipinski definition) is 3. The first kappa shape index (κ1) is 12.5. The number of nitrogens with one attached hydrogen (secondary N) is 1. The van der Waals surface area contributed by atoms with E-state index in [0.717, 1.165) is 19.6 Å². The molecule has 0 bridgehead atoms. The van der Waals surface area contributed by atoms with Crippen LogP contribution >= 0.6 is 0 Å². The van der Waals surface area contributed by atoms with E-state index in [9.17, 15) is 4.79 Å². The molecule has 4 heteroatoms. The normalized spacial score (nSPS) is 23.7. The SMILES string of the molecule is CN(C)CC1NCCN(C(C)(C)C)C1=O. The molecule has 4 nitrogen and oxygen atoms in total. The molecule has 1 saturated heterocycles. The minimum Gasteiger partial charge on any atom is -0.335 e. The Morgan fingerprint density at radius 3 is 2.53 bits per heavy atom. The molecular formula is C11H23N3O. The maximum absolute atomic E-state index is 12.1. The van der Waals surface area contributed by atoms with E-state index in [2.05, 4.69) is 26.1 Å². The van der Waals surface area contributed by atoms with Crippen molar-refractivity contribution < 1.29 is 4.79 Å². The van der Waals surface area contributed by atoms with Crippen LogP contribution in [0.1, 0.15) is 20.8 Å². The van der Waals surface area contributed by atoms with Crippen LogP contribution in [0.25, 0.3) is 0 Å². The zero-order valence-electron chi connectivity index (χ0n) is 10.5. The molecule has 1 amide bonds. The molecule has 15 heavy (non-hydrogen) atoms. The van der Waals surface area contributed by atoms with Crippen LogP contribution < -0.4 is 5.32 Å². The van der Waals surface area contributed by atoms with Gasteiger partial charge in [0, 0.05) is 25.2 Å². The highest BCUT2D eigenvalue weighted by atomic mass is 16.2. The third kappa shape index (κ3) is 3.18. The molecule has 0 aliphatic carbocycles. The van der Waals surface area contributed by atoms with Gasteiger partial charge in [-0.05, 0) is 34.9 Å². The van der Waals surface area contributed by atoms with Crippen LogP contribution in [0.15, 0.2) is 0 Å². The summed E-state index contributed by atoms with van der Waals surface area (Å²) in [6.45, 7) is 8.73. The molecule has 1 heterocycles. The largest absolute Gasteiger partial charge is 0.335 e.